The van der Waals surface area contributed by atoms with Crippen LogP contribution in [-0.2, 0) is 23.9 Å². The number of unbranched alkanes of at least 4 members (excludes halogenated alkanes) is 2. The van der Waals surface area contributed by atoms with Gasteiger partial charge in [-0.1, -0.05) is 38.0 Å². The van der Waals surface area contributed by atoms with E-state index >= 15 is 0 Å². The van der Waals surface area contributed by atoms with Crippen LogP contribution in [0.3, 0.4) is 0 Å². The maximum atomic E-state index is 13.0. The Balaban J connectivity index is 1.08. The molecule has 1 heterocycles. The highest BCUT2D eigenvalue weighted by atomic mass is 32.1. The molecule has 3 aliphatic carbocycles. The largest absolute Gasteiger partial charge is 0.508 e. The van der Waals surface area contributed by atoms with Gasteiger partial charge in [0.05, 0.1) is 27.8 Å². The van der Waals surface area contributed by atoms with Crippen molar-refractivity contribution in [1.82, 2.24) is 4.90 Å². The molecule has 234 valence electrons. The van der Waals surface area contributed by atoms with Crippen LogP contribution in [0.2, 0.25) is 0 Å². The molecule has 0 amide bonds. The molecule has 2 aromatic rings. The zero-order chi connectivity index (χ0) is 30.4. The molecule has 0 aromatic heterocycles. The molecule has 0 radical (unpaired) electrons. The summed E-state index contributed by atoms with van der Waals surface area (Å²) >= 11 is 0.421. The Morgan fingerprint density at radius 1 is 1.05 bits per heavy atom. The number of aliphatic hydroxyl groups is 1. The van der Waals surface area contributed by atoms with E-state index in [-0.39, 0.29) is 17.6 Å². The van der Waals surface area contributed by atoms with Crippen LogP contribution >= 0.6 is 0 Å². The molecule has 0 unspecified atom stereocenters. The fourth-order valence-electron chi connectivity index (χ4n) is 9.54. The summed E-state index contributed by atoms with van der Waals surface area (Å²) in [6.45, 7) is 4.12. The van der Waals surface area contributed by atoms with Crippen LogP contribution in [0.1, 0.15) is 99.3 Å². The number of rotatable bonds is 8. The summed E-state index contributed by atoms with van der Waals surface area (Å²) in [4.78, 5) is 2.97. The lowest BCUT2D eigenvalue weighted by atomic mass is 9.51. The second-order valence-electron chi connectivity index (χ2n) is 13.8. The number of aliphatic hydroxyl groups excluding tert-OH is 1. The first-order chi connectivity index (χ1) is 20.6. The zero-order valence-corrected chi connectivity index (χ0v) is 25.8. The van der Waals surface area contributed by atoms with Crippen LogP contribution < -0.4 is 0 Å². The first-order valence-corrected chi connectivity index (χ1v) is 16.9. The van der Waals surface area contributed by atoms with Gasteiger partial charge in [0.15, 0.2) is 0 Å². The molecule has 43 heavy (non-hydrogen) atoms. The van der Waals surface area contributed by atoms with E-state index in [2.05, 4.69) is 17.9 Å². The van der Waals surface area contributed by atoms with Crippen LogP contribution in [0.25, 0.3) is 0 Å². The highest BCUT2D eigenvalue weighted by Crippen LogP contribution is 2.63. The summed E-state index contributed by atoms with van der Waals surface area (Å²) in [5.41, 5.74) is 2.61. The zero-order valence-electron chi connectivity index (χ0n) is 25.0. The third kappa shape index (κ3) is 5.96. The Labute approximate surface area is 256 Å². The predicted octanol–water partition coefficient (Wildman–Crippen LogP) is 7.31. The van der Waals surface area contributed by atoms with Crippen LogP contribution in [0.15, 0.2) is 42.5 Å². The van der Waals surface area contributed by atoms with Gasteiger partial charge in [0.25, 0.3) is 0 Å². The van der Waals surface area contributed by atoms with Crippen molar-refractivity contribution in [3.05, 3.63) is 64.7 Å². The molecule has 4 nitrogen and oxygen atoms in total. The summed E-state index contributed by atoms with van der Waals surface area (Å²) in [7, 11) is 0. The van der Waals surface area contributed by atoms with Crippen molar-refractivity contribution in [3.63, 3.8) is 0 Å². The average molecular weight is 616 g/mol. The molecule has 3 fully saturated rings. The summed E-state index contributed by atoms with van der Waals surface area (Å²) in [6.07, 6.45) is 6.79. The number of hydrogen-bond donors (Lipinski definition) is 2. The number of phenols is 1. The minimum Gasteiger partial charge on any atom is -0.508 e. The molecule has 1 saturated heterocycles. The highest BCUT2D eigenvalue weighted by Gasteiger charge is 2.57. The Morgan fingerprint density at radius 2 is 1.84 bits per heavy atom. The smallest absolute Gasteiger partial charge is 0.416 e. The van der Waals surface area contributed by atoms with Crippen molar-refractivity contribution in [2.75, 3.05) is 13.1 Å². The minimum atomic E-state index is -4.39. The van der Waals surface area contributed by atoms with Gasteiger partial charge in [0, 0.05) is 6.04 Å². The monoisotopic (exact) mass is 615 g/mol. The average Bonchev–Trinajstić information content (AvgIpc) is 3.56. The minimum absolute atomic E-state index is 0.0104. The Hall–Kier alpha value is -2.16. The van der Waals surface area contributed by atoms with Crippen LogP contribution in [-0.4, -0.2) is 49.4 Å². The van der Waals surface area contributed by atoms with E-state index in [4.69, 9.17) is 0 Å². The number of hydrogen-bond acceptors (Lipinski definition) is 4. The SMILES string of the molecule is C[C@]12C[C@H](CCCCCN3CCC[C@H]3C(=S=O)c3ccc(C(F)(F)F)cc3)[C@@H]3c4ccc(O)cc4CC[C@H]3[C@@H]1CC[C@@H]2O. The van der Waals surface area contributed by atoms with Gasteiger partial charge in [0.2, 0.25) is 0 Å². The third-order valence-electron chi connectivity index (χ3n) is 11.6. The number of alkyl halides is 3. The first-order valence-electron chi connectivity index (χ1n) is 16.2. The molecule has 2 aromatic carbocycles. The molecule has 6 rings (SSSR count). The van der Waals surface area contributed by atoms with E-state index < -0.39 is 11.7 Å². The van der Waals surface area contributed by atoms with Crippen molar-refractivity contribution in [2.24, 2.45) is 23.2 Å². The summed E-state index contributed by atoms with van der Waals surface area (Å²) < 4.78 is 51.3. The predicted molar refractivity (Wildman–Crippen MR) is 164 cm³/mol. The van der Waals surface area contributed by atoms with Crippen LogP contribution in [0.5, 0.6) is 5.75 Å². The summed E-state index contributed by atoms with van der Waals surface area (Å²) in [6, 6.07) is 11.0. The number of aromatic hydroxyl groups is 1. The lowest BCUT2D eigenvalue weighted by Gasteiger charge is -2.54. The number of phenolic OH excluding ortho intramolecular Hbond substituents is 1. The van der Waals surface area contributed by atoms with Gasteiger partial charge in [0.1, 0.15) is 5.75 Å². The number of nitrogens with zero attached hydrogens (tertiary/aromatic N) is 1. The van der Waals surface area contributed by atoms with Gasteiger partial charge in [-0.15, -0.1) is 0 Å². The molecule has 2 saturated carbocycles. The van der Waals surface area contributed by atoms with E-state index in [1.807, 2.05) is 12.1 Å². The van der Waals surface area contributed by atoms with Crippen LogP contribution in [0.4, 0.5) is 13.2 Å². The van der Waals surface area contributed by atoms with Gasteiger partial charge in [-0.25, -0.2) is 4.21 Å². The molecule has 2 N–H and O–H groups in total. The van der Waals surface area contributed by atoms with Crippen molar-refractivity contribution in [3.8, 4) is 5.75 Å². The highest BCUT2D eigenvalue weighted by molar-refractivity contribution is 7.67. The molecule has 4 aliphatic rings. The maximum absolute atomic E-state index is 13.0. The van der Waals surface area contributed by atoms with Gasteiger partial charge < -0.3 is 10.2 Å². The van der Waals surface area contributed by atoms with Gasteiger partial charge in [-0.3, -0.25) is 4.90 Å². The molecular formula is C35H44F3NO3S. The number of likely N-dealkylation sites (tertiary alicyclic amines) is 1. The number of fused-ring (bicyclic) bond motifs is 5. The molecule has 0 spiro atoms. The fraction of sp³-hybridized carbons (Fsp3) is 0.629. The second kappa shape index (κ2) is 12.3. The molecule has 8 heteroatoms. The summed E-state index contributed by atoms with van der Waals surface area (Å²) in [5.74, 6) is 2.50. The summed E-state index contributed by atoms with van der Waals surface area (Å²) in [5, 5.41) is 21.2. The fourth-order valence-corrected chi connectivity index (χ4v) is 10.1. The molecule has 7 atom stereocenters. The first kappa shape index (κ1) is 30.8. The molecule has 1 aliphatic heterocycles. The van der Waals surface area contributed by atoms with Crippen molar-refractivity contribution in [2.45, 2.75) is 102 Å². The Kier molecular flexibility index (Phi) is 8.84. The van der Waals surface area contributed by atoms with Gasteiger partial charge in [-0.05, 0) is 141 Å². The molecule has 0 bridgehead atoms. The quantitative estimate of drug-likeness (QED) is 0.186. The van der Waals surface area contributed by atoms with Crippen molar-refractivity contribution in [1.29, 1.82) is 0 Å². The van der Waals surface area contributed by atoms with Crippen molar-refractivity contribution < 1.29 is 27.6 Å². The topological polar surface area (TPSA) is 60.8 Å². The Bertz CT molecular complexity index is 1360. The van der Waals surface area contributed by atoms with E-state index in [1.165, 1.54) is 23.3 Å². The molecular weight excluding hydrogens is 571 g/mol. The van der Waals surface area contributed by atoms with E-state index in [9.17, 15) is 27.6 Å². The standard InChI is InChI=1S/C35H44F3NO3S/c1-34-21-24(32-27-15-13-26(40)20-23(27)10-14-28(32)29(34)16-17-31(34)41)6-3-2-4-18-39-19-5-7-30(39)33(43-42)22-8-11-25(12-9-22)35(36,37)38/h8-9,11-13,15,20,24,28-32,40-41H,2-7,10,14,16-19,21H2,1H3/t24-,28-,29-,30-,31-,32+,34-/m0/s1. The number of halogens is 3. The van der Waals surface area contributed by atoms with Gasteiger partial charge in [-0.2, -0.15) is 13.2 Å². The van der Waals surface area contributed by atoms with Gasteiger partial charge >= 0.3 is 6.18 Å². The van der Waals surface area contributed by atoms with Crippen LogP contribution in [0, 0.1) is 23.2 Å². The lowest BCUT2D eigenvalue weighted by Crippen LogP contribution is -2.47. The number of benzene rings is 2. The second-order valence-corrected chi connectivity index (χ2v) is 14.5. The lowest BCUT2D eigenvalue weighted by molar-refractivity contribution is -0.137. The Morgan fingerprint density at radius 3 is 2.58 bits per heavy atom. The van der Waals surface area contributed by atoms with Crippen molar-refractivity contribution >= 4 is 16.1 Å². The maximum Gasteiger partial charge on any atom is 0.416 e. The van der Waals surface area contributed by atoms with E-state index in [0.29, 0.717) is 51.1 Å². The third-order valence-corrected chi connectivity index (χ3v) is 12.2. The van der Waals surface area contributed by atoms with E-state index in [1.54, 1.807) is 0 Å². The van der Waals surface area contributed by atoms with E-state index in [0.717, 1.165) is 95.9 Å². The normalized spacial score (nSPS) is 32.2. The number of aryl methyl sites for hydroxylation is 1.